The van der Waals surface area contributed by atoms with Gasteiger partial charge in [-0.2, -0.15) is 0 Å². The number of hydrogen-bond acceptors (Lipinski definition) is 6. The molecule has 0 bridgehead atoms. The van der Waals surface area contributed by atoms with E-state index in [-0.39, 0.29) is 22.1 Å². The minimum atomic E-state index is -3.40. The average molecular weight is 416 g/mol. The van der Waals surface area contributed by atoms with Crippen LogP contribution in [0.5, 0.6) is 0 Å². The number of carbonyl (C=O) groups excluding carboxylic acids is 3. The van der Waals surface area contributed by atoms with E-state index in [1.807, 2.05) is 0 Å². The van der Waals surface area contributed by atoms with Gasteiger partial charge in [-0.15, -0.1) is 0 Å². The molecule has 1 aliphatic rings. The van der Waals surface area contributed by atoms with Crippen molar-refractivity contribution in [3.63, 3.8) is 0 Å². The van der Waals surface area contributed by atoms with Crippen LogP contribution in [0.3, 0.4) is 0 Å². The molecule has 1 saturated heterocycles. The standard InChI is InChI=1S/C20H20N2O6S/c1-29(26,27)17-8-3-6-15(12-17)21-18(23)13-28-20(25)14-5-2-7-16(11-14)22-10-4-9-19(22)24/h2-3,5-8,11-12H,4,9-10,13H2,1H3,(H,21,23). The van der Waals surface area contributed by atoms with E-state index in [2.05, 4.69) is 5.32 Å². The van der Waals surface area contributed by atoms with E-state index in [0.29, 0.717) is 18.7 Å². The van der Waals surface area contributed by atoms with Crippen LogP contribution >= 0.6 is 0 Å². The normalized spacial score (nSPS) is 14.0. The summed E-state index contributed by atoms with van der Waals surface area (Å²) in [5.74, 6) is -1.29. The van der Waals surface area contributed by atoms with Crippen molar-refractivity contribution in [3.8, 4) is 0 Å². The first-order chi connectivity index (χ1) is 13.7. The molecule has 152 valence electrons. The topological polar surface area (TPSA) is 110 Å². The number of anilines is 2. The lowest BCUT2D eigenvalue weighted by molar-refractivity contribution is -0.119. The van der Waals surface area contributed by atoms with Gasteiger partial charge in [-0.05, 0) is 42.8 Å². The number of carbonyl (C=O) groups is 3. The maximum atomic E-state index is 12.3. The van der Waals surface area contributed by atoms with Gasteiger partial charge < -0.3 is 15.0 Å². The van der Waals surface area contributed by atoms with Crippen molar-refractivity contribution in [2.45, 2.75) is 17.7 Å². The molecule has 0 aliphatic carbocycles. The Bertz CT molecular complexity index is 1060. The molecule has 1 heterocycles. The number of hydrogen-bond donors (Lipinski definition) is 1. The molecule has 1 fully saturated rings. The van der Waals surface area contributed by atoms with E-state index >= 15 is 0 Å². The zero-order valence-electron chi connectivity index (χ0n) is 15.8. The maximum absolute atomic E-state index is 12.3. The number of esters is 1. The molecule has 2 aromatic rings. The molecule has 1 aliphatic heterocycles. The highest BCUT2D eigenvalue weighted by Crippen LogP contribution is 2.22. The Hall–Kier alpha value is -3.20. The molecule has 0 saturated carbocycles. The van der Waals surface area contributed by atoms with E-state index in [1.165, 1.54) is 24.3 Å². The summed E-state index contributed by atoms with van der Waals surface area (Å²) in [5.41, 5.74) is 1.13. The Morgan fingerprint density at radius 2 is 1.90 bits per heavy atom. The number of sulfone groups is 1. The molecular weight excluding hydrogens is 396 g/mol. The van der Waals surface area contributed by atoms with Gasteiger partial charge in [0, 0.05) is 30.6 Å². The van der Waals surface area contributed by atoms with Crippen LogP contribution in [0, 0.1) is 0 Å². The molecule has 3 rings (SSSR count). The molecule has 29 heavy (non-hydrogen) atoms. The number of benzene rings is 2. The highest BCUT2D eigenvalue weighted by Gasteiger charge is 2.22. The second kappa shape index (κ2) is 8.44. The van der Waals surface area contributed by atoms with E-state index in [4.69, 9.17) is 4.74 Å². The first kappa shape index (κ1) is 20.5. The summed E-state index contributed by atoms with van der Waals surface area (Å²) in [7, 11) is -3.40. The summed E-state index contributed by atoms with van der Waals surface area (Å²) in [6.07, 6.45) is 2.32. The highest BCUT2D eigenvalue weighted by atomic mass is 32.2. The fourth-order valence-electron chi connectivity index (χ4n) is 2.94. The zero-order valence-corrected chi connectivity index (χ0v) is 16.6. The molecule has 1 N–H and O–H groups in total. The first-order valence-electron chi connectivity index (χ1n) is 8.91. The Balaban J connectivity index is 1.59. The number of nitrogens with zero attached hydrogens (tertiary/aromatic N) is 1. The molecule has 0 radical (unpaired) electrons. The highest BCUT2D eigenvalue weighted by molar-refractivity contribution is 7.90. The third-order valence-corrected chi connectivity index (χ3v) is 5.46. The van der Waals surface area contributed by atoms with Gasteiger partial charge in [0.15, 0.2) is 16.4 Å². The lowest BCUT2D eigenvalue weighted by atomic mass is 10.2. The molecule has 9 heteroatoms. The number of amides is 2. The van der Waals surface area contributed by atoms with Crippen LogP contribution in [0.4, 0.5) is 11.4 Å². The summed E-state index contributed by atoms with van der Waals surface area (Å²) in [4.78, 5) is 37.8. The van der Waals surface area contributed by atoms with Crippen molar-refractivity contribution in [2.24, 2.45) is 0 Å². The van der Waals surface area contributed by atoms with Crippen LogP contribution in [-0.4, -0.2) is 45.6 Å². The van der Waals surface area contributed by atoms with Crippen molar-refractivity contribution in [2.75, 3.05) is 29.6 Å². The maximum Gasteiger partial charge on any atom is 0.338 e. The van der Waals surface area contributed by atoms with Crippen LogP contribution in [-0.2, 0) is 24.2 Å². The third-order valence-electron chi connectivity index (χ3n) is 4.35. The van der Waals surface area contributed by atoms with Gasteiger partial charge in [0.2, 0.25) is 5.91 Å². The van der Waals surface area contributed by atoms with Crippen LogP contribution in [0.1, 0.15) is 23.2 Å². The van der Waals surface area contributed by atoms with Crippen LogP contribution in [0.25, 0.3) is 0 Å². The van der Waals surface area contributed by atoms with Crippen LogP contribution in [0.2, 0.25) is 0 Å². The Labute approximate surface area is 168 Å². The molecule has 2 aromatic carbocycles. The third kappa shape index (κ3) is 5.20. The SMILES string of the molecule is CS(=O)(=O)c1cccc(NC(=O)COC(=O)c2cccc(N3CCCC3=O)c2)c1. The van der Waals surface area contributed by atoms with Crippen LogP contribution in [0.15, 0.2) is 53.4 Å². The van der Waals surface area contributed by atoms with Gasteiger partial charge >= 0.3 is 5.97 Å². The first-order valence-corrected chi connectivity index (χ1v) is 10.8. The molecule has 0 unspecified atom stereocenters. The van der Waals surface area contributed by atoms with Gasteiger partial charge in [0.05, 0.1) is 10.5 Å². The van der Waals surface area contributed by atoms with E-state index in [9.17, 15) is 22.8 Å². The minimum Gasteiger partial charge on any atom is -0.452 e. The lowest BCUT2D eigenvalue weighted by Gasteiger charge is -2.16. The van der Waals surface area contributed by atoms with E-state index in [1.54, 1.807) is 29.2 Å². The monoisotopic (exact) mass is 416 g/mol. The summed E-state index contributed by atoms with van der Waals surface area (Å²) in [6.45, 7) is 0.0705. The lowest BCUT2D eigenvalue weighted by Crippen LogP contribution is -2.24. The molecule has 0 atom stereocenters. The molecule has 2 amide bonds. The van der Waals surface area contributed by atoms with Gasteiger partial charge in [0.25, 0.3) is 5.91 Å². The average Bonchev–Trinajstić information content (AvgIpc) is 3.12. The second-order valence-electron chi connectivity index (χ2n) is 6.62. The summed E-state index contributed by atoms with van der Waals surface area (Å²) in [5, 5.41) is 2.49. The number of nitrogens with one attached hydrogen (secondary N) is 1. The Morgan fingerprint density at radius 1 is 1.14 bits per heavy atom. The fourth-order valence-corrected chi connectivity index (χ4v) is 3.60. The molecule has 0 aromatic heterocycles. The van der Waals surface area contributed by atoms with Crippen molar-refractivity contribution in [3.05, 3.63) is 54.1 Å². The summed E-state index contributed by atoms with van der Waals surface area (Å²) < 4.78 is 28.2. The number of rotatable bonds is 6. The van der Waals surface area contributed by atoms with Crippen molar-refractivity contribution >= 4 is 39.0 Å². The molecular formula is C20H20N2O6S. The smallest absolute Gasteiger partial charge is 0.338 e. The Kier molecular flexibility index (Phi) is 5.97. The Morgan fingerprint density at radius 3 is 2.59 bits per heavy atom. The summed E-state index contributed by atoms with van der Waals surface area (Å²) in [6, 6.07) is 12.3. The molecule has 0 spiro atoms. The quantitative estimate of drug-likeness (QED) is 0.722. The van der Waals surface area contributed by atoms with E-state index < -0.39 is 28.3 Å². The second-order valence-corrected chi connectivity index (χ2v) is 8.64. The van der Waals surface area contributed by atoms with Gasteiger partial charge in [-0.25, -0.2) is 13.2 Å². The van der Waals surface area contributed by atoms with Gasteiger partial charge in [-0.3, -0.25) is 9.59 Å². The fraction of sp³-hybridized carbons (Fsp3) is 0.250. The van der Waals surface area contributed by atoms with Crippen molar-refractivity contribution in [1.29, 1.82) is 0 Å². The zero-order chi connectivity index (χ0) is 21.0. The number of ether oxygens (including phenoxy) is 1. The van der Waals surface area contributed by atoms with Crippen LogP contribution < -0.4 is 10.2 Å². The van der Waals surface area contributed by atoms with Crippen molar-refractivity contribution in [1.82, 2.24) is 0 Å². The predicted octanol–water partition coefficient (Wildman–Crippen LogP) is 2.01. The van der Waals surface area contributed by atoms with Gasteiger partial charge in [-0.1, -0.05) is 12.1 Å². The summed E-state index contributed by atoms with van der Waals surface area (Å²) >= 11 is 0. The van der Waals surface area contributed by atoms with Crippen molar-refractivity contribution < 1.29 is 27.5 Å². The van der Waals surface area contributed by atoms with Gasteiger partial charge in [0.1, 0.15) is 0 Å². The minimum absolute atomic E-state index is 0.00576. The largest absolute Gasteiger partial charge is 0.452 e. The molecule has 8 nitrogen and oxygen atoms in total. The van der Waals surface area contributed by atoms with E-state index in [0.717, 1.165) is 12.7 Å². The predicted molar refractivity (Wildman–Crippen MR) is 106 cm³/mol.